The molecule has 0 radical (unpaired) electrons. The highest BCUT2D eigenvalue weighted by Gasteiger charge is 2.63. The van der Waals surface area contributed by atoms with Gasteiger partial charge in [-0.1, -0.05) is 13.8 Å². The van der Waals surface area contributed by atoms with Crippen LogP contribution in [0.3, 0.4) is 0 Å². The summed E-state index contributed by atoms with van der Waals surface area (Å²) in [7, 11) is 0. The van der Waals surface area contributed by atoms with Gasteiger partial charge in [0.1, 0.15) is 5.54 Å². The fraction of sp³-hybridized carbons (Fsp3) is 0.917. The molecule has 2 atom stereocenters. The number of amides is 1. The molecule has 0 heterocycles. The summed E-state index contributed by atoms with van der Waals surface area (Å²) in [5.41, 5.74) is 5.20. The van der Waals surface area contributed by atoms with Crippen LogP contribution in [0.25, 0.3) is 0 Å². The van der Waals surface area contributed by atoms with Crippen molar-refractivity contribution in [3.8, 4) is 0 Å². The lowest BCUT2D eigenvalue weighted by Crippen LogP contribution is -2.75. The summed E-state index contributed by atoms with van der Waals surface area (Å²) in [4.78, 5) is 12.1. The number of hydrogen-bond donors (Lipinski definition) is 2. The fourth-order valence-electron chi connectivity index (χ4n) is 2.36. The Hall–Kier alpha value is -0.320. The minimum absolute atomic E-state index is 0. The SMILES string of the molecule is CCOC1CC(N)(C(=O)NC2CC2)C1(C)C.Cl. The molecular formula is C12H23ClN2O2. The molecule has 2 rings (SSSR count). The van der Waals surface area contributed by atoms with Gasteiger partial charge in [0.25, 0.3) is 0 Å². The van der Waals surface area contributed by atoms with Crippen LogP contribution in [0, 0.1) is 5.41 Å². The molecule has 2 aliphatic carbocycles. The molecule has 3 N–H and O–H groups in total. The summed E-state index contributed by atoms with van der Waals surface area (Å²) in [6.45, 7) is 6.68. The van der Waals surface area contributed by atoms with Crippen LogP contribution >= 0.6 is 12.4 Å². The van der Waals surface area contributed by atoms with Crippen molar-refractivity contribution < 1.29 is 9.53 Å². The Labute approximate surface area is 109 Å². The van der Waals surface area contributed by atoms with Crippen molar-refractivity contribution in [3.05, 3.63) is 0 Å². The Morgan fingerprint density at radius 3 is 2.47 bits per heavy atom. The van der Waals surface area contributed by atoms with Gasteiger partial charge in [0.2, 0.25) is 5.91 Å². The van der Waals surface area contributed by atoms with E-state index in [2.05, 4.69) is 5.32 Å². The maximum atomic E-state index is 12.1. The van der Waals surface area contributed by atoms with Crippen molar-refractivity contribution in [1.82, 2.24) is 5.32 Å². The molecule has 2 unspecified atom stereocenters. The Balaban J connectivity index is 0.00000144. The van der Waals surface area contributed by atoms with Crippen LogP contribution in [0.2, 0.25) is 0 Å². The summed E-state index contributed by atoms with van der Waals surface area (Å²) in [6, 6.07) is 0.370. The average molecular weight is 263 g/mol. The molecule has 1 amide bonds. The highest BCUT2D eigenvalue weighted by atomic mass is 35.5. The lowest BCUT2D eigenvalue weighted by molar-refractivity contribution is -0.170. The van der Waals surface area contributed by atoms with E-state index in [1.165, 1.54) is 0 Å². The number of halogens is 1. The smallest absolute Gasteiger partial charge is 0.241 e. The molecule has 4 nitrogen and oxygen atoms in total. The molecule has 2 aliphatic rings. The predicted octanol–water partition coefficient (Wildman–Crippen LogP) is 1.22. The summed E-state index contributed by atoms with van der Waals surface area (Å²) in [5.74, 6) is -0.00375. The van der Waals surface area contributed by atoms with Crippen LogP contribution in [-0.2, 0) is 9.53 Å². The number of nitrogens with one attached hydrogen (secondary N) is 1. The molecule has 0 bridgehead atoms. The van der Waals surface area contributed by atoms with Crippen LogP contribution in [0.1, 0.15) is 40.0 Å². The Morgan fingerprint density at radius 1 is 1.47 bits per heavy atom. The largest absolute Gasteiger partial charge is 0.378 e. The van der Waals surface area contributed by atoms with E-state index in [4.69, 9.17) is 10.5 Å². The third-order valence-corrected chi connectivity index (χ3v) is 4.15. The van der Waals surface area contributed by atoms with Crippen molar-refractivity contribution in [2.75, 3.05) is 6.61 Å². The minimum Gasteiger partial charge on any atom is -0.378 e. The quantitative estimate of drug-likeness (QED) is 0.801. The zero-order valence-electron chi connectivity index (χ0n) is 10.8. The second kappa shape index (κ2) is 4.75. The van der Waals surface area contributed by atoms with Gasteiger partial charge in [0.05, 0.1) is 6.10 Å². The van der Waals surface area contributed by atoms with Gasteiger partial charge < -0.3 is 15.8 Å². The molecule has 0 saturated heterocycles. The first kappa shape index (κ1) is 14.7. The van der Waals surface area contributed by atoms with E-state index < -0.39 is 5.54 Å². The number of nitrogens with two attached hydrogens (primary N) is 1. The number of rotatable bonds is 4. The number of carbonyl (C=O) groups excluding carboxylic acids is 1. The zero-order chi connectivity index (χ0) is 12.0. The van der Waals surface area contributed by atoms with E-state index in [9.17, 15) is 4.79 Å². The molecule has 0 spiro atoms. The number of carbonyl (C=O) groups is 1. The van der Waals surface area contributed by atoms with E-state index in [1.54, 1.807) is 0 Å². The van der Waals surface area contributed by atoms with Crippen molar-refractivity contribution in [3.63, 3.8) is 0 Å². The Kier molecular flexibility index (Phi) is 4.12. The van der Waals surface area contributed by atoms with E-state index in [-0.39, 0.29) is 29.8 Å². The summed E-state index contributed by atoms with van der Waals surface area (Å²) < 4.78 is 5.60. The van der Waals surface area contributed by atoms with Crippen molar-refractivity contribution in [2.24, 2.45) is 11.1 Å². The first-order valence-electron chi connectivity index (χ1n) is 6.13. The molecule has 5 heteroatoms. The second-order valence-electron chi connectivity index (χ2n) is 5.59. The minimum atomic E-state index is -0.755. The standard InChI is InChI=1S/C12H22N2O2.ClH/c1-4-16-9-7-12(13,11(9,2)3)10(15)14-8-5-6-8;/h8-9H,4-7,13H2,1-3H3,(H,14,15);1H. The lowest BCUT2D eigenvalue weighted by Gasteiger charge is -2.57. The van der Waals surface area contributed by atoms with Crippen molar-refractivity contribution >= 4 is 18.3 Å². The van der Waals surface area contributed by atoms with E-state index in [1.807, 2.05) is 20.8 Å². The van der Waals surface area contributed by atoms with Crippen LogP contribution in [0.15, 0.2) is 0 Å². The third-order valence-electron chi connectivity index (χ3n) is 4.15. The zero-order valence-corrected chi connectivity index (χ0v) is 11.6. The van der Waals surface area contributed by atoms with Crippen LogP contribution in [0.5, 0.6) is 0 Å². The normalized spacial score (nSPS) is 34.5. The molecule has 0 aromatic rings. The molecule has 17 heavy (non-hydrogen) atoms. The molecular weight excluding hydrogens is 240 g/mol. The molecule has 0 aromatic heterocycles. The maximum absolute atomic E-state index is 12.1. The van der Waals surface area contributed by atoms with Gasteiger partial charge in [0, 0.05) is 24.5 Å². The number of hydrogen-bond acceptors (Lipinski definition) is 3. The van der Waals surface area contributed by atoms with Gasteiger partial charge in [-0.15, -0.1) is 12.4 Å². The van der Waals surface area contributed by atoms with Gasteiger partial charge in [-0.25, -0.2) is 0 Å². The molecule has 2 saturated carbocycles. The van der Waals surface area contributed by atoms with E-state index in [0.29, 0.717) is 19.1 Å². The Morgan fingerprint density at radius 2 is 2.06 bits per heavy atom. The maximum Gasteiger partial charge on any atom is 0.241 e. The van der Waals surface area contributed by atoms with Crippen LogP contribution < -0.4 is 11.1 Å². The van der Waals surface area contributed by atoms with Gasteiger partial charge in [-0.05, 0) is 19.8 Å². The first-order chi connectivity index (χ1) is 7.41. The fourth-order valence-corrected chi connectivity index (χ4v) is 2.36. The predicted molar refractivity (Wildman–Crippen MR) is 69.1 cm³/mol. The van der Waals surface area contributed by atoms with Crippen molar-refractivity contribution in [2.45, 2.75) is 57.7 Å². The number of ether oxygens (including phenoxy) is 1. The molecule has 0 aromatic carbocycles. The summed E-state index contributed by atoms with van der Waals surface area (Å²) in [5, 5.41) is 3.00. The topological polar surface area (TPSA) is 64.3 Å². The molecule has 2 fully saturated rings. The highest BCUT2D eigenvalue weighted by Crippen LogP contribution is 2.50. The summed E-state index contributed by atoms with van der Waals surface area (Å²) >= 11 is 0. The Bertz CT molecular complexity index is 305. The first-order valence-corrected chi connectivity index (χ1v) is 6.13. The van der Waals surface area contributed by atoms with Gasteiger partial charge >= 0.3 is 0 Å². The van der Waals surface area contributed by atoms with E-state index >= 15 is 0 Å². The second-order valence-corrected chi connectivity index (χ2v) is 5.59. The van der Waals surface area contributed by atoms with Gasteiger partial charge in [-0.2, -0.15) is 0 Å². The summed E-state index contributed by atoms with van der Waals surface area (Å²) in [6.07, 6.45) is 2.92. The van der Waals surface area contributed by atoms with Crippen LogP contribution in [-0.4, -0.2) is 30.2 Å². The average Bonchev–Trinajstić information content (AvgIpc) is 3.01. The van der Waals surface area contributed by atoms with Crippen molar-refractivity contribution in [1.29, 1.82) is 0 Å². The third kappa shape index (κ3) is 2.30. The lowest BCUT2D eigenvalue weighted by atomic mass is 9.54. The monoisotopic (exact) mass is 262 g/mol. The van der Waals surface area contributed by atoms with Gasteiger partial charge in [0.15, 0.2) is 0 Å². The highest BCUT2D eigenvalue weighted by molar-refractivity contribution is 5.89. The molecule has 0 aliphatic heterocycles. The van der Waals surface area contributed by atoms with Crippen LogP contribution in [0.4, 0.5) is 0 Å². The van der Waals surface area contributed by atoms with Gasteiger partial charge in [-0.3, -0.25) is 4.79 Å². The van der Waals surface area contributed by atoms with E-state index in [0.717, 1.165) is 12.8 Å². The molecule has 100 valence electrons.